The molecule has 0 radical (unpaired) electrons. The van der Waals surface area contributed by atoms with Crippen molar-refractivity contribution >= 4 is 48.6 Å². The highest BCUT2D eigenvalue weighted by Crippen LogP contribution is 2.43. The predicted octanol–water partition coefficient (Wildman–Crippen LogP) is -1.03. The van der Waals surface area contributed by atoms with E-state index in [2.05, 4.69) is 10.0 Å². The monoisotopic (exact) mass is 565 g/mol. The number of carbonyl (C=O) groups excluding carboxylic acids is 1. The zero-order chi connectivity index (χ0) is 22.1. The molecule has 14 heteroatoms. The molecule has 2 aliphatic heterocycles. The number of halogens is 1. The predicted molar refractivity (Wildman–Crippen MR) is 113 cm³/mol. The van der Waals surface area contributed by atoms with Gasteiger partial charge in [-0.2, -0.15) is 8.42 Å². The SMILES string of the molecule is CCNC(=O)C1=C(OC)C(O)C(I)=C2C(NS(C)(=O)=O)C[C@@H](COS(C)(=O)=O)N12. The minimum absolute atomic E-state index is 0.0165. The van der Waals surface area contributed by atoms with E-state index in [4.69, 9.17) is 8.92 Å². The number of ether oxygens (including phenoxy) is 1. The molecule has 0 aromatic carbocycles. The molecular formula is C15H24IN3O8S2. The van der Waals surface area contributed by atoms with Crippen LogP contribution in [0.5, 0.6) is 0 Å². The third-order valence-corrected chi connectivity index (χ3v) is 6.69. The second-order valence-electron chi connectivity index (χ2n) is 6.60. The Hall–Kier alpha value is -0.940. The van der Waals surface area contributed by atoms with E-state index >= 15 is 0 Å². The van der Waals surface area contributed by atoms with Crippen LogP contribution >= 0.6 is 22.6 Å². The summed E-state index contributed by atoms with van der Waals surface area (Å²) in [6.45, 7) is 1.70. The summed E-state index contributed by atoms with van der Waals surface area (Å²) < 4.78 is 59.7. The van der Waals surface area contributed by atoms with Crippen molar-refractivity contribution in [1.29, 1.82) is 0 Å². The van der Waals surface area contributed by atoms with Crippen molar-refractivity contribution in [3.05, 3.63) is 20.7 Å². The molecule has 29 heavy (non-hydrogen) atoms. The smallest absolute Gasteiger partial charge is 0.271 e. The maximum Gasteiger partial charge on any atom is 0.271 e. The lowest BCUT2D eigenvalue weighted by atomic mass is 10.1. The normalized spacial score (nSPS) is 25.3. The highest BCUT2D eigenvalue weighted by Gasteiger charge is 2.48. The van der Waals surface area contributed by atoms with Crippen molar-refractivity contribution in [1.82, 2.24) is 14.9 Å². The third kappa shape index (κ3) is 5.61. The number of fused-ring (bicyclic) bond motifs is 1. The number of likely N-dealkylation sites (N-methyl/N-ethyl adjacent to an activating group) is 1. The standard InChI is InChI=1S/C15H24IN3O8S2/c1-5-17-15(21)12-14(26-2)13(20)10(16)11-9(18-28(3,22)23)6-8(19(11)12)7-27-29(4,24)25/h8-9,13,18,20H,5-7H2,1-4H3,(H,17,21)/t8-,9?,13?/m0/s1. The first-order valence-electron chi connectivity index (χ1n) is 8.55. The molecule has 1 fully saturated rings. The Bertz CT molecular complexity index is 945. The fourth-order valence-corrected chi connectivity index (χ4v) is 5.37. The maximum atomic E-state index is 12.8. The molecule has 0 aliphatic carbocycles. The van der Waals surface area contributed by atoms with Crippen molar-refractivity contribution in [3.8, 4) is 0 Å². The lowest BCUT2D eigenvalue weighted by molar-refractivity contribution is -0.119. The summed E-state index contributed by atoms with van der Waals surface area (Å²) in [5, 5.41) is 13.3. The number of rotatable bonds is 8. The van der Waals surface area contributed by atoms with Crippen LogP contribution in [0.2, 0.25) is 0 Å². The van der Waals surface area contributed by atoms with E-state index in [1.807, 2.05) is 22.6 Å². The van der Waals surface area contributed by atoms with E-state index in [-0.39, 0.29) is 24.5 Å². The minimum atomic E-state index is -3.77. The lowest BCUT2D eigenvalue weighted by Crippen LogP contribution is -2.45. The van der Waals surface area contributed by atoms with E-state index in [9.17, 15) is 26.7 Å². The van der Waals surface area contributed by atoms with Crippen molar-refractivity contribution in [2.75, 3.05) is 32.8 Å². The van der Waals surface area contributed by atoms with E-state index in [1.165, 1.54) is 12.0 Å². The topological polar surface area (TPSA) is 151 Å². The van der Waals surface area contributed by atoms with Gasteiger partial charge in [-0.15, -0.1) is 0 Å². The number of hydrogen-bond acceptors (Lipinski definition) is 9. The van der Waals surface area contributed by atoms with Gasteiger partial charge in [0.1, 0.15) is 11.8 Å². The second kappa shape index (κ2) is 9.05. The summed E-state index contributed by atoms with van der Waals surface area (Å²) in [5.74, 6) is -0.567. The van der Waals surface area contributed by atoms with Gasteiger partial charge in [-0.1, -0.05) is 0 Å². The van der Waals surface area contributed by atoms with Gasteiger partial charge in [0, 0.05) is 15.8 Å². The van der Waals surface area contributed by atoms with Crippen LogP contribution in [0.3, 0.4) is 0 Å². The number of aliphatic hydroxyl groups excluding tert-OH is 1. The average molecular weight is 565 g/mol. The molecule has 166 valence electrons. The average Bonchev–Trinajstić information content (AvgIpc) is 2.91. The van der Waals surface area contributed by atoms with Crippen LogP contribution < -0.4 is 10.0 Å². The van der Waals surface area contributed by atoms with Gasteiger partial charge in [-0.25, -0.2) is 13.1 Å². The molecule has 1 saturated heterocycles. The summed E-state index contributed by atoms with van der Waals surface area (Å²) in [5.41, 5.74) is 0.338. The molecule has 2 unspecified atom stereocenters. The highest BCUT2D eigenvalue weighted by atomic mass is 127. The van der Waals surface area contributed by atoms with Gasteiger partial charge in [0.05, 0.1) is 38.3 Å². The molecule has 3 atom stereocenters. The van der Waals surface area contributed by atoms with Gasteiger partial charge in [0.2, 0.25) is 10.0 Å². The molecule has 0 bridgehead atoms. The summed E-state index contributed by atoms with van der Waals surface area (Å²) in [4.78, 5) is 14.3. The zero-order valence-corrected chi connectivity index (χ0v) is 20.1. The zero-order valence-electron chi connectivity index (χ0n) is 16.3. The van der Waals surface area contributed by atoms with Crippen molar-refractivity contribution in [2.24, 2.45) is 0 Å². The number of nitrogens with one attached hydrogen (secondary N) is 2. The molecule has 2 rings (SSSR count). The summed E-state index contributed by atoms with van der Waals surface area (Å²) >= 11 is 1.86. The number of methoxy groups -OCH3 is 1. The third-order valence-electron chi connectivity index (χ3n) is 4.27. The molecule has 2 heterocycles. The van der Waals surface area contributed by atoms with Crippen LogP contribution in [-0.2, 0) is 33.9 Å². The Morgan fingerprint density at radius 3 is 2.41 bits per heavy atom. The Morgan fingerprint density at radius 1 is 1.31 bits per heavy atom. The summed E-state index contributed by atoms with van der Waals surface area (Å²) in [6, 6.07) is -1.48. The van der Waals surface area contributed by atoms with Crippen LogP contribution in [-0.4, -0.2) is 83.7 Å². The Kier molecular flexibility index (Phi) is 7.59. The largest absolute Gasteiger partial charge is 0.496 e. The van der Waals surface area contributed by atoms with Crippen LogP contribution in [0, 0.1) is 0 Å². The molecule has 3 N–H and O–H groups in total. The molecule has 0 spiro atoms. The number of amides is 1. The number of nitrogens with zero attached hydrogens (tertiary/aromatic N) is 1. The highest BCUT2D eigenvalue weighted by molar-refractivity contribution is 14.1. The van der Waals surface area contributed by atoms with Gasteiger partial charge in [0.15, 0.2) is 5.76 Å². The van der Waals surface area contributed by atoms with Crippen LogP contribution in [0.15, 0.2) is 20.7 Å². The summed E-state index contributed by atoms with van der Waals surface area (Å²) in [7, 11) is -6.11. The van der Waals surface area contributed by atoms with Crippen LogP contribution in [0.1, 0.15) is 13.3 Å². The molecule has 2 aliphatic rings. The first kappa shape index (κ1) is 24.3. The number of carbonyl (C=O) groups is 1. The van der Waals surface area contributed by atoms with Gasteiger partial charge >= 0.3 is 0 Å². The molecule has 0 aromatic rings. The van der Waals surface area contributed by atoms with Crippen LogP contribution in [0.25, 0.3) is 0 Å². The molecule has 0 aromatic heterocycles. The Morgan fingerprint density at radius 2 is 1.93 bits per heavy atom. The van der Waals surface area contributed by atoms with Crippen molar-refractivity contribution < 1.29 is 35.7 Å². The van der Waals surface area contributed by atoms with E-state index in [1.54, 1.807) is 6.92 Å². The van der Waals surface area contributed by atoms with Gasteiger partial charge < -0.3 is 20.1 Å². The Balaban J connectivity index is 2.60. The van der Waals surface area contributed by atoms with Gasteiger partial charge in [-0.3, -0.25) is 8.98 Å². The van der Waals surface area contributed by atoms with Gasteiger partial charge in [0.25, 0.3) is 16.0 Å². The maximum absolute atomic E-state index is 12.8. The van der Waals surface area contributed by atoms with Crippen molar-refractivity contribution in [3.63, 3.8) is 0 Å². The summed E-state index contributed by atoms with van der Waals surface area (Å²) in [6.07, 6.45) is 0.737. The number of aliphatic hydroxyl groups is 1. The molecular weight excluding hydrogens is 541 g/mol. The fourth-order valence-electron chi connectivity index (χ4n) is 3.32. The first-order valence-corrected chi connectivity index (χ1v) is 13.3. The van der Waals surface area contributed by atoms with Crippen LogP contribution in [0.4, 0.5) is 0 Å². The quantitative estimate of drug-likeness (QED) is 0.248. The lowest BCUT2D eigenvalue weighted by Gasteiger charge is -2.36. The Labute approximate surface area is 183 Å². The first-order chi connectivity index (χ1) is 13.3. The molecule has 11 nitrogen and oxygen atoms in total. The van der Waals surface area contributed by atoms with Gasteiger partial charge in [-0.05, 0) is 35.9 Å². The minimum Gasteiger partial charge on any atom is -0.496 e. The van der Waals surface area contributed by atoms with Crippen molar-refractivity contribution in [2.45, 2.75) is 31.5 Å². The number of sulfonamides is 1. The molecule has 1 amide bonds. The molecule has 0 saturated carbocycles. The van der Waals surface area contributed by atoms with E-state index in [0.717, 1.165) is 12.5 Å². The second-order valence-corrected chi connectivity index (χ2v) is 11.2. The van der Waals surface area contributed by atoms with E-state index < -0.39 is 44.2 Å². The number of hydrogen-bond donors (Lipinski definition) is 3. The van der Waals surface area contributed by atoms with E-state index in [0.29, 0.717) is 15.8 Å². The fraction of sp³-hybridized carbons (Fsp3) is 0.667.